The van der Waals surface area contributed by atoms with E-state index in [9.17, 15) is 5.11 Å². The van der Waals surface area contributed by atoms with E-state index in [2.05, 4.69) is 12.0 Å². The molecule has 1 heterocycles. The first-order chi connectivity index (χ1) is 11.7. The molecule has 3 aromatic rings. The van der Waals surface area contributed by atoms with Gasteiger partial charge in [0.05, 0.1) is 18.5 Å². The van der Waals surface area contributed by atoms with Crippen LogP contribution in [0.2, 0.25) is 0 Å². The highest BCUT2D eigenvalue weighted by molar-refractivity contribution is 5.68. The fourth-order valence-corrected chi connectivity index (χ4v) is 2.74. The average molecular weight is 322 g/mol. The van der Waals surface area contributed by atoms with E-state index in [4.69, 9.17) is 4.74 Å². The number of hydrogen-bond acceptors (Lipinski definition) is 3. The van der Waals surface area contributed by atoms with Crippen molar-refractivity contribution in [1.29, 1.82) is 0 Å². The lowest BCUT2D eigenvalue weighted by atomic mass is 10.1. The van der Waals surface area contributed by atoms with Gasteiger partial charge < -0.3 is 9.84 Å². The van der Waals surface area contributed by atoms with Crippen LogP contribution >= 0.6 is 0 Å². The second kappa shape index (κ2) is 7.21. The molecule has 1 aromatic heterocycles. The molecule has 0 aliphatic rings. The number of unbranched alkanes of at least 4 members (excludes halogenated alkanes) is 1. The molecule has 24 heavy (non-hydrogen) atoms. The average Bonchev–Trinajstić information content (AvgIpc) is 2.97. The fraction of sp³-hybridized carbons (Fsp3) is 0.250. The van der Waals surface area contributed by atoms with E-state index in [1.807, 2.05) is 59.3 Å². The first-order valence-electron chi connectivity index (χ1n) is 8.25. The van der Waals surface area contributed by atoms with Crippen LogP contribution in [0.15, 0.2) is 54.6 Å². The van der Waals surface area contributed by atoms with Gasteiger partial charge in [0.2, 0.25) is 0 Å². The number of hydrogen-bond donors (Lipinski definition) is 1. The predicted octanol–water partition coefficient (Wildman–Crippen LogP) is 4.60. The summed E-state index contributed by atoms with van der Waals surface area (Å²) in [4.78, 5) is 0. The molecule has 0 atom stereocenters. The van der Waals surface area contributed by atoms with Gasteiger partial charge >= 0.3 is 0 Å². The largest absolute Gasteiger partial charge is 0.504 e. The molecule has 0 aliphatic heterocycles. The second-order valence-electron chi connectivity index (χ2n) is 5.72. The maximum absolute atomic E-state index is 10.7. The normalized spacial score (nSPS) is 10.8. The Morgan fingerprint density at radius 3 is 2.38 bits per heavy atom. The molecule has 2 aromatic carbocycles. The Bertz CT molecular complexity index is 793. The van der Waals surface area contributed by atoms with Gasteiger partial charge in [0.1, 0.15) is 11.4 Å². The van der Waals surface area contributed by atoms with Gasteiger partial charge in [0.25, 0.3) is 0 Å². The summed E-state index contributed by atoms with van der Waals surface area (Å²) in [6, 6.07) is 17.5. The van der Waals surface area contributed by atoms with Crippen LogP contribution in [0.3, 0.4) is 0 Å². The highest BCUT2D eigenvalue weighted by Gasteiger charge is 2.19. The monoisotopic (exact) mass is 322 g/mol. The number of methoxy groups -OCH3 is 1. The summed E-state index contributed by atoms with van der Waals surface area (Å²) < 4.78 is 7.06. The Morgan fingerprint density at radius 1 is 1.04 bits per heavy atom. The molecular weight excluding hydrogens is 300 g/mol. The van der Waals surface area contributed by atoms with Crippen molar-refractivity contribution in [3.8, 4) is 28.4 Å². The number of aromatic nitrogens is 2. The molecule has 0 bridgehead atoms. The fourth-order valence-electron chi connectivity index (χ4n) is 2.74. The van der Waals surface area contributed by atoms with Crippen LogP contribution in [0.25, 0.3) is 16.9 Å². The van der Waals surface area contributed by atoms with Crippen molar-refractivity contribution in [2.24, 2.45) is 0 Å². The Balaban J connectivity index is 2.09. The molecule has 0 saturated carbocycles. The van der Waals surface area contributed by atoms with Crippen LogP contribution in [0.1, 0.15) is 25.5 Å². The highest BCUT2D eigenvalue weighted by Crippen LogP contribution is 2.34. The predicted molar refractivity (Wildman–Crippen MR) is 95.8 cm³/mol. The Kier molecular flexibility index (Phi) is 4.85. The Morgan fingerprint density at radius 2 is 1.75 bits per heavy atom. The first kappa shape index (κ1) is 16.1. The minimum absolute atomic E-state index is 0.269. The zero-order chi connectivity index (χ0) is 16.9. The third-order valence-corrected chi connectivity index (χ3v) is 4.08. The van der Waals surface area contributed by atoms with Crippen molar-refractivity contribution >= 4 is 0 Å². The highest BCUT2D eigenvalue weighted by atomic mass is 16.5. The maximum Gasteiger partial charge on any atom is 0.165 e. The van der Waals surface area contributed by atoms with Crippen molar-refractivity contribution in [2.75, 3.05) is 7.11 Å². The number of benzene rings is 2. The van der Waals surface area contributed by atoms with E-state index in [1.165, 1.54) is 0 Å². The summed E-state index contributed by atoms with van der Waals surface area (Å²) in [5, 5.41) is 15.4. The van der Waals surface area contributed by atoms with Gasteiger partial charge in [-0.1, -0.05) is 43.7 Å². The van der Waals surface area contributed by atoms with E-state index in [-0.39, 0.29) is 5.75 Å². The molecule has 0 amide bonds. The van der Waals surface area contributed by atoms with Crippen molar-refractivity contribution < 1.29 is 9.84 Å². The summed E-state index contributed by atoms with van der Waals surface area (Å²) in [5.74, 6) is 1.07. The van der Waals surface area contributed by atoms with Crippen molar-refractivity contribution in [3.05, 3.63) is 60.3 Å². The maximum atomic E-state index is 10.7. The summed E-state index contributed by atoms with van der Waals surface area (Å²) >= 11 is 0. The lowest BCUT2D eigenvalue weighted by Gasteiger charge is -2.08. The van der Waals surface area contributed by atoms with Crippen LogP contribution in [0, 0.1) is 0 Å². The SMILES string of the molecule is CCCCc1c(O)c(-c2ccccc2)nn1-c1ccc(OC)cc1. The van der Waals surface area contributed by atoms with Crippen molar-refractivity contribution in [2.45, 2.75) is 26.2 Å². The molecule has 4 heteroatoms. The molecule has 124 valence electrons. The van der Waals surface area contributed by atoms with Crippen LogP contribution in [0.5, 0.6) is 11.5 Å². The Hall–Kier alpha value is -2.75. The molecule has 0 saturated heterocycles. The van der Waals surface area contributed by atoms with Crippen LogP contribution < -0.4 is 4.74 Å². The van der Waals surface area contributed by atoms with E-state index >= 15 is 0 Å². The third-order valence-electron chi connectivity index (χ3n) is 4.08. The topological polar surface area (TPSA) is 47.3 Å². The van der Waals surface area contributed by atoms with Gasteiger partial charge in [-0.3, -0.25) is 0 Å². The molecule has 1 N–H and O–H groups in total. The zero-order valence-corrected chi connectivity index (χ0v) is 14.1. The summed E-state index contributed by atoms with van der Waals surface area (Å²) in [6.07, 6.45) is 2.85. The van der Waals surface area contributed by atoms with Gasteiger partial charge in [-0.05, 0) is 37.1 Å². The number of aromatic hydroxyl groups is 1. The number of rotatable bonds is 6. The smallest absolute Gasteiger partial charge is 0.165 e. The Labute approximate surface area is 142 Å². The molecule has 0 radical (unpaired) electrons. The lowest BCUT2D eigenvalue weighted by molar-refractivity contribution is 0.414. The zero-order valence-electron chi connectivity index (χ0n) is 14.1. The molecule has 0 unspecified atom stereocenters. The minimum Gasteiger partial charge on any atom is -0.504 e. The van der Waals surface area contributed by atoms with Crippen molar-refractivity contribution in [3.63, 3.8) is 0 Å². The summed E-state index contributed by atoms with van der Waals surface area (Å²) in [6.45, 7) is 2.14. The van der Waals surface area contributed by atoms with Gasteiger partial charge in [-0.2, -0.15) is 5.10 Å². The van der Waals surface area contributed by atoms with Crippen LogP contribution in [0.4, 0.5) is 0 Å². The van der Waals surface area contributed by atoms with E-state index in [0.29, 0.717) is 5.69 Å². The summed E-state index contributed by atoms with van der Waals surface area (Å²) in [5.41, 5.74) is 3.30. The lowest BCUT2D eigenvalue weighted by Crippen LogP contribution is -2.02. The minimum atomic E-state index is 0.269. The molecule has 0 spiro atoms. The van der Waals surface area contributed by atoms with Gasteiger partial charge in [-0.15, -0.1) is 0 Å². The van der Waals surface area contributed by atoms with Crippen molar-refractivity contribution in [1.82, 2.24) is 9.78 Å². The van der Waals surface area contributed by atoms with Gasteiger partial charge in [0, 0.05) is 5.56 Å². The second-order valence-corrected chi connectivity index (χ2v) is 5.72. The molecule has 0 aliphatic carbocycles. The first-order valence-corrected chi connectivity index (χ1v) is 8.25. The van der Waals surface area contributed by atoms with Gasteiger partial charge in [0.15, 0.2) is 5.75 Å². The quantitative estimate of drug-likeness (QED) is 0.721. The molecule has 0 fully saturated rings. The van der Waals surface area contributed by atoms with Crippen LogP contribution in [-0.2, 0) is 6.42 Å². The van der Waals surface area contributed by atoms with Crippen LogP contribution in [-0.4, -0.2) is 22.0 Å². The van der Waals surface area contributed by atoms with E-state index in [1.54, 1.807) is 7.11 Å². The molecule has 3 rings (SSSR count). The molecular formula is C20H22N2O2. The third kappa shape index (κ3) is 3.13. The molecule has 4 nitrogen and oxygen atoms in total. The van der Waals surface area contributed by atoms with E-state index < -0.39 is 0 Å². The summed E-state index contributed by atoms with van der Waals surface area (Å²) in [7, 11) is 1.65. The van der Waals surface area contributed by atoms with E-state index in [0.717, 1.165) is 42.0 Å². The standard InChI is InChI=1S/C20H22N2O2/c1-3-4-10-18-20(23)19(15-8-6-5-7-9-15)21-22(18)16-11-13-17(24-2)14-12-16/h5-9,11-14,23H,3-4,10H2,1-2H3. The van der Waals surface area contributed by atoms with Gasteiger partial charge in [-0.25, -0.2) is 4.68 Å². The number of ether oxygens (including phenoxy) is 1. The number of nitrogens with zero attached hydrogens (tertiary/aromatic N) is 2.